The zero-order valence-corrected chi connectivity index (χ0v) is 12.4. The van der Waals surface area contributed by atoms with E-state index in [4.69, 9.17) is 10.3 Å². The zero-order chi connectivity index (χ0) is 14.5. The molecule has 0 bridgehead atoms. The summed E-state index contributed by atoms with van der Waals surface area (Å²) >= 11 is 1.34. The van der Waals surface area contributed by atoms with Crippen molar-refractivity contribution in [1.82, 2.24) is 10.1 Å². The quantitative estimate of drug-likeness (QED) is 0.826. The minimum absolute atomic E-state index is 0.238. The van der Waals surface area contributed by atoms with Gasteiger partial charge in [-0.1, -0.05) is 31.1 Å². The maximum absolute atomic E-state index is 13.5. The molecule has 0 amide bonds. The molecule has 1 aromatic heterocycles. The standard InChI is InChI=1S/C14H18FN3OS/c1-9(2)7-11(16)14-17-13(18-19-14)8-20-12-6-4-3-5-10(12)15/h3-6,9,11H,7-8,16H2,1-2H3/t11-/m0/s1. The lowest BCUT2D eigenvalue weighted by molar-refractivity contribution is 0.333. The van der Waals surface area contributed by atoms with E-state index < -0.39 is 0 Å². The molecule has 1 atom stereocenters. The summed E-state index contributed by atoms with van der Waals surface area (Å²) < 4.78 is 18.6. The van der Waals surface area contributed by atoms with Crippen molar-refractivity contribution in [1.29, 1.82) is 0 Å². The molecule has 0 fully saturated rings. The van der Waals surface area contributed by atoms with Gasteiger partial charge >= 0.3 is 0 Å². The van der Waals surface area contributed by atoms with Gasteiger partial charge in [0.25, 0.3) is 0 Å². The summed E-state index contributed by atoms with van der Waals surface area (Å²) in [7, 11) is 0. The Labute approximate surface area is 121 Å². The molecule has 0 saturated carbocycles. The van der Waals surface area contributed by atoms with Crippen molar-refractivity contribution in [3.63, 3.8) is 0 Å². The minimum Gasteiger partial charge on any atom is -0.338 e. The predicted octanol–water partition coefficient (Wildman–Crippen LogP) is 3.55. The molecular formula is C14H18FN3OS. The number of nitrogens with two attached hydrogens (primary N) is 1. The van der Waals surface area contributed by atoms with E-state index in [1.165, 1.54) is 17.8 Å². The first-order valence-corrected chi connectivity index (χ1v) is 7.50. The number of hydrogen-bond donors (Lipinski definition) is 1. The average molecular weight is 295 g/mol. The summed E-state index contributed by atoms with van der Waals surface area (Å²) in [5.41, 5.74) is 5.98. The van der Waals surface area contributed by atoms with Gasteiger partial charge in [0, 0.05) is 4.90 Å². The van der Waals surface area contributed by atoms with Crippen molar-refractivity contribution in [2.75, 3.05) is 0 Å². The summed E-state index contributed by atoms with van der Waals surface area (Å²) in [5, 5.41) is 3.88. The van der Waals surface area contributed by atoms with Crippen LogP contribution in [0.5, 0.6) is 0 Å². The topological polar surface area (TPSA) is 64.9 Å². The SMILES string of the molecule is CC(C)C[C@H](N)c1nc(CSc2ccccc2F)no1. The van der Waals surface area contributed by atoms with Crippen LogP contribution in [-0.4, -0.2) is 10.1 Å². The number of halogens is 1. The van der Waals surface area contributed by atoms with Crippen molar-refractivity contribution < 1.29 is 8.91 Å². The van der Waals surface area contributed by atoms with Gasteiger partial charge in [-0.15, -0.1) is 11.8 Å². The van der Waals surface area contributed by atoms with E-state index in [1.54, 1.807) is 18.2 Å². The number of benzene rings is 1. The van der Waals surface area contributed by atoms with E-state index in [0.717, 1.165) is 6.42 Å². The lowest BCUT2D eigenvalue weighted by Gasteiger charge is -2.08. The second kappa shape index (κ2) is 6.85. The molecule has 0 aliphatic heterocycles. The normalized spacial score (nSPS) is 12.8. The summed E-state index contributed by atoms with van der Waals surface area (Å²) in [6.45, 7) is 4.18. The van der Waals surface area contributed by atoms with Gasteiger partial charge in [0.2, 0.25) is 5.89 Å². The molecular weight excluding hydrogens is 277 g/mol. The fourth-order valence-corrected chi connectivity index (χ4v) is 2.57. The Bertz CT molecular complexity index is 559. The van der Waals surface area contributed by atoms with E-state index in [2.05, 4.69) is 24.0 Å². The highest BCUT2D eigenvalue weighted by molar-refractivity contribution is 7.98. The molecule has 1 aromatic carbocycles. The number of hydrogen-bond acceptors (Lipinski definition) is 5. The van der Waals surface area contributed by atoms with Crippen LogP contribution in [-0.2, 0) is 5.75 Å². The largest absolute Gasteiger partial charge is 0.338 e. The van der Waals surface area contributed by atoms with Gasteiger partial charge in [0.1, 0.15) is 5.82 Å². The molecule has 4 nitrogen and oxygen atoms in total. The number of thioether (sulfide) groups is 1. The van der Waals surface area contributed by atoms with Crippen molar-refractivity contribution in [3.05, 3.63) is 41.8 Å². The number of rotatable bonds is 6. The molecule has 20 heavy (non-hydrogen) atoms. The van der Waals surface area contributed by atoms with Crippen molar-refractivity contribution >= 4 is 11.8 Å². The predicted molar refractivity (Wildman–Crippen MR) is 76.6 cm³/mol. The molecule has 108 valence electrons. The maximum atomic E-state index is 13.5. The third-order valence-corrected chi connectivity index (χ3v) is 3.76. The van der Waals surface area contributed by atoms with Gasteiger partial charge in [-0.3, -0.25) is 0 Å². The van der Waals surface area contributed by atoms with Gasteiger partial charge in [-0.05, 0) is 24.5 Å². The lowest BCUT2D eigenvalue weighted by atomic mass is 10.0. The second-order valence-electron chi connectivity index (χ2n) is 5.00. The van der Waals surface area contributed by atoms with Crippen molar-refractivity contribution in [2.24, 2.45) is 11.7 Å². The fraction of sp³-hybridized carbons (Fsp3) is 0.429. The van der Waals surface area contributed by atoms with Crippen LogP contribution in [0.2, 0.25) is 0 Å². The Morgan fingerprint density at radius 3 is 2.80 bits per heavy atom. The third kappa shape index (κ3) is 4.05. The fourth-order valence-electron chi connectivity index (χ4n) is 1.79. The Kier molecular flexibility index (Phi) is 5.14. The molecule has 0 spiro atoms. The smallest absolute Gasteiger partial charge is 0.243 e. The molecule has 6 heteroatoms. The number of nitrogens with zero attached hydrogens (tertiary/aromatic N) is 2. The molecule has 1 heterocycles. The average Bonchev–Trinajstić information content (AvgIpc) is 2.86. The molecule has 0 saturated heterocycles. The van der Waals surface area contributed by atoms with Crippen LogP contribution >= 0.6 is 11.8 Å². The summed E-state index contributed by atoms with van der Waals surface area (Å²) in [6, 6.07) is 6.38. The van der Waals surface area contributed by atoms with Crippen molar-refractivity contribution in [2.45, 2.75) is 37.0 Å². The lowest BCUT2D eigenvalue weighted by Crippen LogP contribution is -2.13. The Morgan fingerprint density at radius 1 is 1.35 bits per heavy atom. The van der Waals surface area contributed by atoms with Crippen LogP contribution in [0.3, 0.4) is 0 Å². The number of aromatic nitrogens is 2. The van der Waals surface area contributed by atoms with Crippen molar-refractivity contribution in [3.8, 4) is 0 Å². The highest BCUT2D eigenvalue weighted by Gasteiger charge is 2.16. The van der Waals surface area contributed by atoms with Gasteiger partial charge < -0.3 is 10.3 Å². The summed E-state index contributed by atoms with van der Waals surface area (Å²) in [4.78, 5) is 4.84. The first kappa shape index (κ1) is 15.0. The first-order chi connectivity index (χ1) is 9.56. The molecule has 0 aliphatic rings. The van der Waals surface area contributed by atoms with Crippen LogP contribution in [0.15, 0.2) is 33.7 Å². The van der Waals surface area contributed by atoms with E-state index in [0.29, 0.717) is 28.3 Å². The highest BCUT2D eigenvalue weighted by atomic mass is 32.2. The minimum atomic E-state index is -0.241. The van der Waals surface area contributed by atoms with E-state index >= 15 is 0 Å². The first-order valence-electron chi connectivity index (χ1n) is 6.51. The highest BCUT2D eigenvalue weighted by Crippen LogP contribution is 2.25. The Morgan fingerprint density at radius 2 is 2.10 bits per heavy atom. The summed E-state index contributed by atoms with van der Waals surface area (Å²) in [5.74, 6) is 1.67. The van der Waals surface area contributed by atoms with E-state index in [1.807, 2.05) is 0 Å². The summed E-state index contributed by atoms with van der Waals surface area (Å²) in [6.07, 6.45) is 0.794. The molecule has 2 aromatic rings. The van der Waals surface area contributed by atoms with Crippen LogP contribution in [0, 0.1) is 11.7 Å². The van der Waals surface area contributed by atoms with Crippen LogP contribution in [0.1, 0.15) is 38.0 Å². The molecule has 2 rings (SSSR count). The van der Waals surface area contributed by atoms with E-state index in [-0.39, 0.29) is 11.9 Å². The maximum Gasteiger partial charge on any atom is 0.243 e. The van der Waals surface area contributed by atoms with Crippen LogP contribution in [0.25, 0.3) is 0 Å². The van der Waals surface area contributed by atoms with Gasteiger partial charge in [0.15, 0.2) is 5.82 Å². The second-order valence-corrected chi connectivity index (χ2v) is 6.02. The van der Waals surface area contributed by atoms with E-state index in [9.17, 15) is 4.39 Å². The van der Waals surface area contributed by atoms with Gasteiger partial charge in [-0.2, -0.15) is 4.98 Å². The molecule has 0 unspecified atom stereocenters. The van der Waals surface area contributed by atoms with Crippen LogP contribution < -0.4 is 5.73 Å². The zero-order valence-electron chi connectivity index (χ0n) is 11.5. The molecule has 0 radical (unpaired) electrons. The Hall–Kier alpha value is -1.40. The van der Waals surface area contributed by atoms with Crippen LogP contribution in [0.4, 0.5) is 4.39 Å². The Balaban J connectivity index is 1.95. The van der Waals surface area contributed by atoms with Gasteiger partial charge in [-0.25, -0.2) is 4.39 Å². The van der Waals surface area contributed by atoms with Gasteiger partial charge in [0.05, 0.1) is 11.8 Å². The molecule has 0 aliphatic carbocycles. The molecule has 2 N–H and O–H groups in total. The monoisotopic (exact) mass is 295 g/mol. The third-order valence-electron chi connectivity index (χ3n) is 2.72.